The van der Waals surface area contributed by atoms with E-state index in [2.05, 4.69) is 0 Å². The maximum atomic E-state index is 13.3. The number of rotatable bonds is 4. The maximum absolute atomic E-state index is 13.3. The molecule has 26 heavy (non-hydrogen) atoms. The Morgan fingerprint density at radius 1 is 1.31 bits per heavy atom. The summed E-state index contributed by atoms with van der Waals surface area (Å²) >= 11 is 0. The molecule has 0 bridgehead atoms. The zero-order chi connectivity index (χ0) is 20.0. The van der Waals surface area contributed by atoms with Gasteiger partial charge in [-0.25, -0.2) is 0 Å². The van der Waals surface area contributed by atoms with E-state index in [0.717, 1.165) is 6.92 Å². The largest absolute Gasteiger partial charge is 0.481 e. The monoisotopic (exact) mass is 396 g/mol. The Hall–Kier alpha value is -2.43. The minimum atomic E-state index is -4.96. The molecule has 0 radical (unpaired) electrons. The standard InChI is InChI=1S/C13H12F3N2O7P/c1-5(12(21)22)6-2-9-8(3-7(6)13(14,15)16)17-10(19)11(20)18(9)4-26(23,24)25/h2-3,5H,4H2,1H3,(H,17,19)(H,21,22)(H2,23,24,25). The van der Waals surface area contributed by atoms with Crippen molar-refractivity contribution in [2.45, 2.75) is 25.3 Å². The third kappa shape index (κ3) is 3.87. The second-order valence-electron chi connectivity index (χ2n) is 5.51. The molecule has 13 heteroatoms. The predicted octanol–water partition coefficient (Wildman–Crippen LogP) is 1.03. The Bertz CT molecular complexity index is 1050. The molecule has 0 fully saturated rings. The number of aromatic nitrogens is 2. The van der Waals surface area contributed by atoms with Gasteiger partial charge in [0.1, 0.15) is 6.29 Å². The lowest BCUT2D eigenvalue weighted by Gasteiger charge is -2.18. The number of aromatic amines is 1. The van der Waals surface area contributed by atoms with Crippen LogP contribution in [0.25, 0.3) is 11.0 Å². The van der Waals surface area contributed by atoms with E-state index in [1.54, 1.807) is 0 Å². The van der Waals surface area contributed by atoms with Crippen LogP contribution in [0.5, 0.6) is 0 Å². The van der Waals surface area contributed by atoms with Crippen LogP contribution in [-0.2, 0) is 21.8 Å². The van der Waals surface area contributed by atoms with E-state index < -0.39 is 65.2 Å². The maximum Gasteiger partial charge on any atom is 0.416 e. The number of alkyl halides is 3. The van der Waals surface area contributed by atoms with Crippen molar-refractivity contribution in [1.82, 2.24) is 9.55 Å². The first-order valence-electron chi connectivity index (χ1n) is 6.87. The highest BCUT2D eigenvalue weighted by atomic mass is 31.2. The van der Waals surface area contributed by atoms with Gasteiger partial charge >= 0.3 is 30.9 Å². The molecule has 1 atom stereocenters. The predicted molar refractivity (Wildman–Crippen MR) is 81.9 cm³/mol. The summed E-state index contributed by atoms with van der Waals surface area (Å²) < 4.78 is 51.4. The number of carboxylic acids is 1. The van der Waals surface area contributed by atoms with Crippen LogP contribution in [0.1, 0.15) is 24.0 Å². The molecular weight excluding hydrogens is 384 g/mol. The number of halogens is 3. The van der Waals surface area contributed by atoms with Crippen LogP contribution in [0.15, 0.2) is 21.7 Å². The molecule has 0 amide bonds. The van der Waals surface area contributed by atoms with Gasteiger partial charge in [0.05, 0.1) is 22.5 Å². The second-order valence-corrected chi connectivity index (χ2v) is 7.12. The van der Waals surface area contributed by atoms with Crippen molar-refractivity contribution in [3.05, 3.63) is 44.0 Å². The average Bonchev–Trinajstić information content (AvgIpc) is 2.48. The summed E-state index contributed by atoms with van der Waals surface area (Å²) in [5, 5.41) is 9.03. The van der Waals surface area contributed by atoms with Gasteiger partial charge in [0, 0.05) is 0 Å². The normalized spacial score (nSPS) is 13.8. The van der Waals surface area contributed by atoms with Crippen molar-refractivity contribution in [3.8, 4) is 0 Å². The molecule has 0 aliphatic rings. The number of hydrogen-bond donors (Lipinski definition) is 4. The first kappa shape index (κ1) is 19.9. The lowest BCUT2D eigenvalue weighted by molar-refractivity contribution is -0.141. The highest BCUT2D eigenvalue weighted by Gasteiger charge is 2.37. The molecule has 9 nitrogen and oxygen atoms in total. The van der Waals surface area contributed by atoms with Gasteiger partial charge in [0.15, 0.2) is 0 Å². The number of aliphatic carboxylic acids is 1. The van der Waals surface area contributed by atoms with Gasteiger partial charge in [0.2, 0.25) is 0 Å². The Balaban J connectivity index is 2.99. The summed E-state index contributed by atoms with van der Waals surface area (Å²) in [6.45, 7) is 0.982. The fourth-order valence-corrected chi connectivity index (χ4v) is 3.05. The van der Waals surface area contributed by atoms with E-state index >= 15 is 0 Å². The highest BCUT2D eigenvalue weighted by Crippen LogP contribution is 2.39. The van der Waals surface area contributed by atoms with Crippen LogP contribution in [0, 0.1) is 0 Å². The van der Waals surface area contributed by atoms with E-state index in [-0.39, 0.29) is 0 Å². The number of benzene rings is 1. The quantitative estimate of drug-likeness (QED) is 0.445. The van der Waals surface area contributed by atoms with Crippen LogP contribution in [-0.4, -0.2) is 30.4 Å². The summed E-state index contributed by atoms with van der Waals surface area (Å²) in [5.41, 5.74) is -5.79. The summed E-state index contributed by atoms with van der Waals surface area (Å²) in [6.07, 6.45) is -6.22. The van der Waals surface area contributed by atoms with E-state index in [4.69, 9.17) is 14.9 Å². The van der Waals surface area contributed by atoms with Gasteiger partial charge in [-0.05, 0) is 24.6 Å². The van der Waals surface area contributed by atoms with Crippen LogP contribution < -0.4 is 11.1 Å². The van der Waals surface area contributed by atoms with Crippen molar-refractivity contribution in [1.29, 1.82) is 0 Å². The zero-order valence-electron chi connectivity index (χ0n) is 12.9. The molecule has 0 saturated carbocycles. The van der Waals surface area contributed by atoms with Gasteiger partial charge in [-0.2, -0.15) is 13.2 Å². The van der Waals surface area contributed by atoms with Crippen molar-refractivity contribution in [2.24, 2.45) is 0 Å². The molecule has 142 valence electrons. The summed E-state index contributed by atoms with van der Waals surface area (Å²) in [4.78, 5) is 54.7. The molecule has 1 aromatic carbocycles. The molecule has 4 N–H and O–H groups in total. The van der Waals surface area contributed by atoms with Crippen molar-refractivity contribution in [2.75, 3.05) is 0 Å². The van der Waals surface area contributed by atoms with E-state index in [9.17, 15) is 32.1 Å². The molecule has 0 aliphatic heterocycles. The molecule has 1 heterocycles. The summed E-state index contributed by atoms with van der Waals surface area (Å²) in [6, 6.07) is 1.12. The summed E-state index contributed by atoms with van der Waals surface area (Å²) in [5.74, 6) is -3.22. The third-order valence-corrected chi connectivity index (χ3v) is 4.27. The Labute approximate surface area is 141 Å². The number of hydrogen-bond acceptors (Lipinski definition) is 4. The van der Waals surface area contributed by atoms with Crippen molar-refractivity contribution < 1.29 is 37.4 Å². The molecule has 0 saturated heterocycles. The smallest absolute Gasteiger partial charge is 0.416 e. The second kappa shape index (κ2) is 6.38. The van der Waals surface area contributed by atoms with Gasteiger partial charge < -0.3 is 19.9 Å². The molecule has 1 unspecified atom stereocenters. The lowest BCUT2D eigenvalue weighted by Crippen LogP contribution is -2.36. The van der Waals surface area contributed by atoms with Gasteiger partial charge in [-0.3, -0.25) is 23.5 Å². The SMILES string of the molecule is CC(C(=O)O)c1cc2c(cc1C(F)(F)F)[nH]c(=O)c(=O)n2CP(=O)(O)O. The van der Waals surface area contributed by atoms with E-state index in [0.29, 0.717) is 16.7 Å². The molecule has 0 spiro atoms. The molecule has 1 aromatic heterocycles. The number of fused-ring (bicyclic) bond motifs is 1. The van der Waals surface area contributed by atoms with Crippen LogP contribution in [0.2, 0.25) is 0 Å². The van der Waals surface area contributed by atoms with E-state index in [1.165, 1.54) is 0 Å². The number of H-pyrrole nitrogens is 1. The van der Waals surface area contributed by atoms with Crippen LogP contribution >= 0.6 is 7.60 Å². The number of carboxylic acid groups (broad SMARTS) is 1. The topological polar surface area (TPSA) is 150 Å². The Morgan fingerprint density at radius 3 is 2.35 bits per heavy atom. The highest BCUT2D eigenvalue weighted by molar-refractivity contribution is 7.50. The fourth-order valence-electron chi connectivity index (χ4n) is 2.40. The average molecular weight is 396 g/mol. The summed E-state index contributed by atoms with van der Waals surface area (Å²) in [7, 11) is -4.87. The minimum absolute atomic E-state index is 0.327. The van der Waals surface area contributed by atoms with Crippen LogP contribution in [0.4, 0.5) is 13.2 Å². The van der Waals surface area contributed by atoms with Gasteiger partial charge in [-0.1, -0.05) is 0 Å². The minimum Gasteiger partial charge on any atom is -0.481 e. The van der Waals surface area contributed by atoms with Crippen molar-refractivity contribution >= 4 is 24.6 Å². The van der Waals surface area contributed by atoms with Gasteiger partial charge in [-0.15, -0.1) is 0 Å². The first-order valence-corrected chi connectivity index (χ1v) is 8.67. The van der Waals surface area contributed by atoms with E-state index in [1.807, 2.05) is 4.98 Å². The van der Waals surface area contributed by atoms with Crippen LogP contribution in [0.3, 0.4) is 0 Å². The molecular formula is C13H12F3N2O7P. The number of carbonyl (C=O) groups is 1. The number of nitrogens with zero attached hydrogens (tertiary/aromatic N) is 1. The third-order valence-electron chi connectivity index (χ3n) is 3.61. The molecule has 2 rings (SSSR count). The van der Waals surface area contributed by atoms with Gasteiger partial charge in [0.25, 0.3) is 0 Å². The first-order chi connectivity index (χ1) is 11.7. The Kier molecular flexibility index (Phi) is 4.88. The lowest BCUT2D eigenvalue weighted by atomic mass is 9.94. The number of nitrogens with one attached hydrogen (secondary N) is 1. The molecule has 0 aliphatic carbocycles. The fraction of sp³-hybridized carbons (Fsp3) is 0.308. The molecule has 2 aromatic rings. The Morgan fingerprint density at radius 2 is 1.88 bits per heavy atom. The van der Waals surface area contributed by atoms with Crippen molar-refractivity contribution in [3.63, 3.8) is 0 Å². The zero-order valence-corrected chi connectivity index (χ0v) is 13.8.